The Hall–Kier alpha value is -2.52. The number of carbonyl (C=O) groups is 1. The van der Waals surface area contributed by atoms with Gasteiger partial charge in [-0.2, -0.15) is 25.4 Å². The highest BCUT2D eigenvalue weighted by Crippen LogP contribution is 2.18. The van der Waals surface area contributed by atoms with Gasteiger partial charge in [-0.25, -0.2) is 0 Å². The zero-order valence-corrected chi connectivity index (χ0v) is 11.4. The predicted octanol–water partition coefficient (Wildman–Crippen LogP) is 4.14. The highest BCUT2D eigenvalue weighted by molar-refractivity contribution is 7.08. The fourth-order valence-electron chi connectivity index (χ4n) is 1.61. The lowest BCUT2D eigenvalue weighted by Gasteiger charge is -2.04. The highest BCUT2D eigenvalue weighted by atomic mass is 32.1. The number of allylic oxidation sites excluding steroid dienone is 1. The SMILES string of the molecule is N#CC(=Cc1ccc(OC(F)F)cc1)C(=O)c1ccsc1. The first-order valence-corrected chi connectivity index (χ1v) is 6.78. The van der Waals surface area contributed by atoms with Gasteiger partial charge in [-0.3, -0.25) is 4.79 Å². The first-order chi connectivity index (χ1) is 10.1. The standard InChI is InChI=1S/C15H9F2NO2S/c16-15(17)20-13-3-1-10(2-4-13)7-12(8-18)14(19)11-5-6-21-9-11/h1-7,9,15H. The van der Waals surface area contributed by atoms with E-state index in [4.69, 9.17) is 5.26 Å². The third-order valence-electron chi connectivity index (χ3n) is 2.56. The fraction of sp³-hybridized carbons (Fsp3) is 0.0667. The van der Waals surface area contributed by atoms with Crippen molar-refractivity contribution in [2.45, 2.75) is 6.61 Å². The lowest BCUT2D eigenvalue weighted by atomic mass is 10.0. The molecular formula is C15H9F2NO2S. The number of ether oxygens (including phenoxy) is 1. The number of hydrogen-bond donors (Lipinski definition) is 0. The van der Waals surface area contributed by atoms with Gasteiger partial charge in [-0.05, 0) is 35.2 Å². The molecule has 0 saturated heterocycles. The number of alkyl halides is 2. The molecule has 0 fully saturated rings. The molecule has 1 aromatic heterocycles. The predicted molar refractivity (Wildman–Crippen MR) is 75.3 cm³/mol. The molecule has 2 rings (SSSR count). The summed E-state index contributed by atoms with van der Waals surface area (Å²) in [6, 6.07) is 9.18. The Labute approximate surface area is 123 Å². The van der Waals surface area contributed by atoms with Crippen molar-refractivity contribution in [1.82, 2.24) is 0 Å². The van der Waals surface area contributed by atoms with E-state index in [1.807, 2.05) is 6.07 Å². The third kappa shape index (κ3) is 3.97. The van der Waals surface area contributed by atoms with E-state index in [1.54, 1.807) is 16.8 Å². The van der Waals surface area contributed by atoms with E-state index in [0.717, 1.165) is 0 Å². The molecule has 0 aliphatic rings. The van der Waals surface area contributed by atoms with Crippen molar-refractivity contribution in [3.63, 3.8) is 0 Å². The Bertz CT molecular complexity index is 685. The second kappa shape index (κ2) is 6.77. The molecule has 0 amide bonds. The smallest absolute Gasteiger partial charge is 0.387 e. The minimum absolute atomic E-state index is 0.0177. The van der Waals surface area contributed by atoms with Gasteiger partial charge in [0.25, 0.3) is 0 Å². The van der Waals surface area contributed by atoms with E-state index in [-0.39, 0.29) is 17.1 Å². The molecule has 0 spiro atoms. The molecule has 1 heterocycles. The zero-order chi connectivity index (χ0) is 15.2. The molecule has 0 aliphatic heterocycles. The second-order valence-electron chi connectivity index (χ2n) is 3.96. The van der Waals surface area contributed by atoms with Crippen molar-refractivity contribution in [2.24, 2.45) is 0 Å². The van der Waals surface area contributed by atoms with Crippen molar-refractivity contribution >= 4 is 23.2 Å². The average molecular weight is 305 g/mol. The lowest BCUT2D eigenvalue weighted by Crippen LogP contribution is -2.01. The van der Waals surface area contributed by atoms with Crippen molar-refractivity contribution in [1.29, 1.82) is 5.26 Å². The summed E-state index contributed by atoms with van der Waals surface area (Å²) >= 11 is 1.36. The van der Waals surface area contributed by atoms with Gasteiger partial charge in [-0.15, -0.1) is 0 Å². The monoisotopic (exact) mass is 305 g/mol. The van der Waals surface area contributed by atoms with Crippen LogP contribution in [0.3, 0.4) is 0 Å². The molecule has 0 N–H and O–H groups in total. The summed E-state index contributed by atoms with van der Waals surface area (Å²) in [5, 5.41) is 12.5. The van der Waals surface area contributed by atoms with Crippen LogP contribution in [0.1, 0.15) is 15.9 Å². The first kappa shape index (κ1) is 14.9. The largest absolute Gasteiger partial charge is 0.435 e. The molecule has 0 atom stereocenters. The molecule has 21 heavy (non-hydrogen) atoms. The number of halogens is 2. The molecule has 106 valence electrons. The summed E-state index contributed by atoms with van der Waals surface area (Å²) in [5.74, 6) is -0.350. The van der Waals surface area contributed by atoms with E-state index in [1.165, 1.54) is 41.7 Å². The lowest BCUT2D eigenvalue weighted by molar-refractivity contribution is -0.0498. The molecule has 6 heteroatoms. The molecule has 1 aromatic carbocycles. The van der Waals surface area contributed by atoms with Crippen LogP contribution in [0.25, 0.3) is 6.08 Å². The number of hydrogen-bond acceptors (Lipinski definition) is 4. The van der Waals surface area contributed by atoms with Crippen molar-refractivity contribution < 1.29 is 18.3 Å². The number of benzene rings is 1. The van der Waals surface area contributed by atoms with E-state index in [9.17, 15) is 13.6 Å². The molecule has 0 aliphatic carbocycles. The van der Waals surface area contributed by atoms with Gasteiger partial charge in [0.05, 0.1) is 0 Å². The van der Waals surface area contributed by atoms with E-state index < -0.39 is 6.61 Å². The van der Waals surface area contributed by atoms with Crippen LogP contribution in [0.15, 0.2) is 46.7 Å². The van der Waals surface area contributed by atoms with Gasteiger partial charge >= 0.3 is 6.61 Å². The van der Waals surface area contributed by atoms with Crippen LogP contribution in [-0.2, 0) is 0 Å². The summed E-state index contributed by atoms with van der Waals surface area (Å²) in [6.07, 6.45) is 1.41. The number of ketones is 1. The Morgan fingerprint density at radius 1 is 1.29 bits per heavy atom. The maximum absolute atomic E-state index is 12.0. The van der Waals surface area contributed by atoms with Gasteiger partial charge in [-0.1, -0.05) is 12.1 Å². The third-order valence-corrected chi connectivity index (χ3v) is 3.25. The molecule has 0 unspecified atom stereocenters. The Kier molecular flexibility index (Phi) is 4.80. The number of rotatable bonds is 5. The van der Waals surface area contributed by atoms with Crippen LogP contribution in [0.5, 0.6) is 5.75 Å². The van der Waals surface area contributed by atoms with Gasteiger partial charge in [0, 0.05) is 10.9 Å². The normalized spacial score (nSPS) is 11.2. The van der Waals surface area contributed by atoms with Crippen molar-refractivity contribution in [3.05, 3.63) is 57.8 Å². The first-order valence-electron chi connectivity index (χ1n) is 5.83. The number of thiophene rings is 1. The second-order valence-corrected chi connectivity index (χ2v) is 4.74. The van der Waals surface area contributed by atoms with Crippen LogP contribution in [0.2, 0.25) is 0 Å². The average Bonchev–Trinajstić information content (AvgIpc) is 2.99. The summed E-state index contributed by atoms with van der Waals surface area (Å²) in [7, 11) is 0. The molecule has 0 radical (unpaired) electrons. The minimum atomic E-state index is -2.89. The summed E-state index contributed by atoms with van der Waals surface area (Å²) in [6.45, 7) is -2.89. The summed E-state index contributed by atoms with van der Waals surface area (Å²) in [5.41, 5.74) is 0.984. The van der Waals surface area contributed by atoms with Crippen molar-refractivity contribution in [3.8, 4) is 11.8 Å². The number of carbonyl (C=O) groups excluding carboxylic acids is 1. The molecule has 3 nitrogen and oxygen atoms in total. The minimum Gasteiger partial charge on any atom is -0.435 e. The molecule has 2 aromatic rings. The van der Waals surface area contributed by atoms with E-state index >= 15 is 0 Å². The highest BCUT2D eigenvalue weighted by Gasteiger charge is 2.12. The van der Waals surface area contributed by atoms with Crippen LogP contribution in [0, 0.1) is 11.3 Å². The van der Waals surface area contributed by atoms with Crippen LogP contribution in [-0.4, -0.2) is 12.4 Å². The summed E-state index contributed by atoms with van der Waals surface area (Å²) in [4.78, 5) is 12.0. The zero-order valence-electron chi connectivity index (χ0n) is 10.6. The van der Waals surface area contributed by atoms with Gasteiger partial charge in [0.2, 0.25) is 5.78 Å². The Morgan fingerprint density at radius 2 is 2.00 bits per heavy atom. The topological polar surface area (TPSA) is 50.1 Å². The van der Waals surface area contributed by atoms with Crippen molar-refractivity contribution in [2.75, 3.05) is 0 Å². The Balaban J connectivity index is 2.20. The number of nitrogens with zero attached hydrogens (tertiary/aromatic N) is 1. The molecule has 0 saturated carbocycles. The quantitative estimate of drug-likeness (QED) is 0.474. The molecular weight excluding hydrogens is 296 g/mol. The van der Waals surface area contributed by atoms with Gasteiger partial charge in [0.15, 0.2) is 0 Å². The van der Waals surface area contributed by atoms with Gasteiger partial charge in [0.1, 0.15) is 17.4 Å². The fourth-order valence-corrected chi connectivity index (χ4v) is 2.25. The van der Waals surface area contributed by atoms with Crippen LogP contribution < -0.4 is 4.74 Å². The Morgan fingerprint density at radius 3 is 2.52 bits per heavy atom. The number of Topliss-reactive ketones (excluding diaryl/α,β-unsaturated/α-hetero) is 1. The van der Waals surface area contributed by atoms with Crippen LogP contribution >= 0.6 is 11.3 Å². The summed E-state index contributed by atoms with van der Waals surface area (Å²) < 4.78 is 28.3. The maximum Gasteiger partial charge on any atom is 0.387 e. The number of nitriles is 1. The molecule has 0 bridgehead atoms. The van der Waals surface area contributed by atoms with Gasteiger partial charge < -0.3 is 4.74 Å². The maximum atomic E-state index is 12.0. The van der Waals surface area contributed by atoms with Crippen LogP contribution in [0.4, 0.5) is 8.78 Å². The van der Waals surface area contributed by atoms with E-state index in [2.05, 4.69) is 4.74 Å². The van der Waals surface area contributed by atoms with E-state index in [0.29, 0.717) is 11.1 Å².